The lowest BCUT2D eigenvalue weighted by atomic mass is 10.1. The average molecular weight is 318 g/mol. The summed E-state index contributed by atoms with van der Waals surface area (Å²) in [5.74, 6) is 0.676. The Labute approximate surface area is 140 Å². The van der Waals surface area contributed by atoms with Crippen LogP contribution in [0.3, 0.4) is 0 Å². The first-order chi connectivity index (χ1) is 11.7. The van der Waals surface area contributed by atoms with Gasteiger partial charge in [-0.05, 0) is 18.9 Å². The van der Waals surface area contributed by atoms with Gasteiger partial charge in [-0.3, -0.25) is 4.79 Å². The summed E-state index contributed by atoms with van der Waals surface area (Å²) >= 11 is 0. The summed E-state index contributed by atoms with van der Waals surface area (Å²) in [6.07, 6.45) is 7.69. The van der Waals surface area contributed by atoms with E-state index in [-0.39, 0.29) is 5.91 Å². The standard InChI is InChI=1S/C19H18N4O/c1-23-12-14(9-17(23)19(24)22-16-7-8-16)15-10-20-18(21-11-15)13-5-3-2-4-6-13/h2-6,9-12,16H,7-8H2,1H3,(H,22,24). The number of carbonyl (C=O) groups is 1. The van der Waals surface area contributed by atoms with Crippen LogP contribution in [-0.4, -0.2) is 26.5 Å². The summed E-state index contributed by atoms with van der Waals surface area (Å²) in [4.78, 5) is 21.1. The molecule has 4 rings (SSSR count). The Morgan fingerprint density at radius 3 is 2.46 bits per heavy atom. The number of rotatable bonds is 4. The second kappa shape index (κ2) is 5.92. The number of carbonyl (C=O) groups excluding carboxylic acids is 1. The number of benzene rings is 1. The summed E-state index contributed by atoms with van der Waals surface area (Å²) in [5.41, 5.74) is 3.49. The maximum atomic E-state index is 12.2. The third-order valence-corrected chi connectivity index (χ3v) is 4.17. The summed E-state index contributed by atoms with van der Waals surface area (Å²) in [6, 6.07) is 12.1. The lowest BCUT2D eigenvalue weighted by Crippen LogP contribution is -2.27. The van der Waals surface area contributed by atoms with Crippen LogP contribution in [0.2, 0.25) is 0 Å². The Bertz CT molecular complexity index is 864. The highest BCUT2D eigenvalue weighted by molar-refractivity contribution is 5.94. The number of amides is 1. The van der Waals surface area contributed by atoms with Crippen molar-refractivity contribution in [3.05, 3.63) is 60.7 Å². The monoisotopic (exact) mass is 318 g/mol. The fraction of sp³-hybridized carbons (Fsp3) is 0.211. The zero-order chi connectivity index (χ0) is 16.5. The van der Waals surface area contributed by atoms with Crippen molar-refractivity contribution in [1.29, 1.82) is 0 Å². The highest BCUT2D eigenvalue weighted by Gasteiger charge is 2.25. The van der Waals surface area contributed by atoms with Gasteiger partial charge < -0.3 is 9.88 Å². The van der Waals surface area contributed by atoms with E-state index < -0.39 is 0 Å². The molecule has 1 saturated carbocycles. The Hall–Kier alpha value is -2.95. The Kier molecular flexibility index (Phi) is 3.61. The van der Waals surface area contributed by atoms with Gasteiger partial charge in [0.25, 0.3) is 5.91 Å². The molecule has 3 aromatic rings. The normalized spacial score (nSPS) is 13.7. The first kappa shape index (κ1) is 14.6. The minimum atomic E-state index is -0.0203. The molecule has 1 aromatic carbocycles. The second-order valence-corrected chi connectivity index (χ2v) is 6.13. The molecule has 120 valence electrons. The topological polar surface area (TPSA) is 59.8 Å². The molecular formula is C19H18N4O. The van der Waals surface area contributed by atoms with E-state index in [1.165, 1.54) is 0 Å². The van der Waals surface area contributed by atoms with E-state index in [9.17, 15) is 4.79 Å². The van der Waals surface area contributed by atoms with Crippen molar-refractivity contribution >= 4 is 5.91 Å². The minimum absolute atomic E-state index is 0.0203. The van der Waals surface area contributed by atoms with Crippen molar-refractivity contribution in [1.82, 2.24) is 19.9 Å². The molecule has 0 unspecified atom stereocenters. The summed E-state index contributed by atoms with van der Waals surface area (Å²) in [6.45, 7) is 0. The largest absolute Gasteiger partial charge is 0.348 e. The molecule has 1 amide bonds. The van der Waals surface area contributed by atoms with Crippen molar-refractivity contribution in [3.8, 4) is 22.5 Å². The second-order valence-electron chi connectivity index (χ2n) is 6.13. The van der Waals surface area contributed by atoms with Gasteiger partial charge in [-0.25, -0.2) is 9.97 Å². The van der Waals surface area contributed by atoms with Gasteiger partial charge in [0.2, 0.25) is 0 Å². The minimum Gasteiger partial charge on any atom is -0.348 e. The molecule has 5 heteroatoms. The van der Waals surface area contributed by atoms with Crippen LogP contribution in [0.25, 0.3) is 22.5 Å². The molecule has 0 aliphatic heterocycles. The maximum absolute atomic E-state index is 12.2. The number of hydrogen-bond acceptors (Lipinski definition) is 3. The lowest BCUT2D eigenvalue weighted by Gasteiger charge is -2.03. The number of nitrogens with one attached hydrogen (secondary N) is 1. The Balaban J connectivity index is 1.58. The van der Waals surface area contributed by atoms with Gasteiger partial charge in [-0.15, -0.1) is 0 Å². The molecule has 1 aliphatic rings. The van der Waals surface area contributed by atoms with Crippen molar-refractivity contribution in [2.24, 2.45) is 7.05 Å². The highest BCUT2D eigenvalue weighted by Crippen LogP contribution is 2.24. The van der Waals surface area contributed by atoms with Gasteiger partial charge in [-0.1, -0.05) is 30.3 Å². The third-order valence-electron chi connectivity index (χ3n) is 4.17. The van der Waals surface area contributed by atoms with E-state index in [1.54, 1.807) is 12.4 Å². The number of aryl methyl sites for hydroxylation is 1. The lowest BCUT2D eigenvalue weighted by molar-refractivity contribution is 0.0943. The molecule has 2 heterocycles. The van der Waals surface area contributed by atoms with Gasteiger partial charge in [0, 0.05) is 48.4 Å². The molecular weight excluding hydrogens is 300 g/mol. The van der Waals surface area contributed by atoms with Crippen LogP contribution in [0.15, 0.2) is 55.0 Å². The number of hydrogen-bond donors (Lipinski definition) is 1. The molecule has 0 spiro atoms. The van der Waals surface area contributed by atoms with Crippen LogP contribution in [0.1, 0.15) is 23.3 Å². The SMILES string of the molecule is Cn1cc(-c2cnc(-c3ccccc3)nc2)cc1C(=O)NC1CC1. The summed E-state index contributed by atoms with van der Waals surface area (Å²) in [5, 5.41) is 3.02. The molecule has 24 heavy (non-hydrogen) atoms. The number of aromatic nitrogens is 3. The zero-order valence-electron chi connectivity index (χ0n) is 13.4. The quantitative estimate of drug-likeness (QED) is 0.804. The van der Waals surface area contributed by atoms with Gasteiger partial charge in [0.15, 0.2) is 5.82 Å². The predicted molar refractivity (Wildman–Crippen MR) is 92.4 cm³/mol. The predicted octanol–water partition coefficient (Wildman–Crippen LogP) is 3.04. The molecule has 0 radical (unpaired) electrons. The van der Waals surface area contributed by atoms with E-state index in [4.69, 9.17) is 0 Å². The molecule has 0 bridgehead atoms. The first-order valence-corrected chi connectivity index (χ1v) is 8.06. The maximum Gasteiger partial charge on any atom is 0.268 e. The van der Waals surface area contributed by atoms with Crippen molar-refractivity contribution in [3.63, 3.8) is 0 Å². The fourth-order valence-electron chi connectivity index (χ4n) is 2.65. The van der Waals surface area contributed by atoms with Crippen molar-refractivity contribution < 1.29 is 4.79 Å². The average Bonchev–Trinajstić information content (AvgIpc) is 3.34. The molecule has 2 aromatic heterocycles. The van der Waals surface area contributed by atoms with Gasteiger partial charge in [0.05, 0.1) is 0 Å². The van der Waals surface area contributed by atoms with E-state index in [0.29, 0.717) is 17.6 Å². The van der Waals surface area contributed by atoms with E-state index >= 15 is 0 Å². The van der Waals surface area contributed by atoms with Gasteiger partial charge >= 0.3 is 0 Å². The Morgan fingerprint density at radius 2 is 1.79 bits per heavy atom. The van der Waals surface area contributed by atoms with Crippen LogP contribution >= 0.6 is 0 Å². The molecule has 5 nitrogen and oxygen atoms in total. The molecule has 1 N–H and O–H groups in total. The van der Waals surface area contributed by atoms with E-state index in [2.05, 4.69) is 15.3 Å². The molecule has 0 atom stereocenters. The fourth-order valence-corrected chi connectivity index (χ4v) is 2.65. The van der Waals surface area contributed by atoms with Gasteiger partial charge in [-0.2, -0.15) is 0 Å². The van der Waals surface area contributed by atoms with Gasteiger partial charge in [0.1, 0.15) is 5.69 Å². The number of nitrogens with zero attached hydrogens (tertiary/aromatic N) is 3. The highest BCUT2D eigenvalue weighted by atomic mass is 16.2. The molecule has 1 fully saturated rings. The zero-order valence-corrected chi connectivity index (χ0v) is 13.4. The van der Waals surface area contributed by atoms with E-state index in [0.717, 1.165) is 29.5 Å². The first-order valence-electron chi connectivity index (χ1n) is 8.06. The van der Waals surface area contributed by atoms with Crippen LogP contribution in [0.4, 0.5) is 0 Å². The molecule has 0 saturated heterocycles. The summed E-state index contributed by atoms with van der Waals surface area (Å²) < 4.78 is 1.85. The Morgan fingerprint density at radius 1 is 1.08 bits per heavy atom. The molecule has 1 aliphatic carbocycles. The van der Waals surface area contributed by atoms with Crippen LogP contribution in [0, 0.1) is 0 Å². The third kappa shape index (κ3) is 2.93. The van der Waals surface area contributed by atoms with Crippen molar-refractivity contribution in [2.75, 3.05) is 0 Å². The van der Waals surface area contributed by atoms with Crippen molar-refractivity contribution in [2.45, 2.75) is 18.9 Å². The van der Waals surface area contributed by atoms with Crippen LogP contribution in [0.5, 0.6) is 0 Å². The van der Waals surface area contributed by atoms with Crippen LogP contribution < -0.4 is 5.32 Å². The summed E-state index contributed by atoms with van der Waals surface area (Å²) in [7, 11) is 1.88. The smallest absolute Gasteiger partial charge is 0.268 e. The van der Waals surface area contributed by atoms with E-state index in [1.807, 2.05) is 54.2 Å². The van der Waals surface area contributed by atoms with Crippen LogP contribution in [-0.2, 0) is 7.05 Å².